The van der Waals surface area contributed by atoms with Crippen molar-refractivity contribution in [2.24, 2.45) is 0 Å². The van der Waals surface area contributed by atoms with E-state index in [9.17, 15) is 22.0 Å². The van der Waals surface area contributed by atoms with Crippen LogP contribution in [-0.2, 0) is 14.8 Å². The van der Waals surface area contributed by atoms with Crippen molar-refractivity contribution in [3.8, 4) is 0 Å². The van der Waals surface area contributed by atoms with Crippen LogP contribution >= 0.6 is 0 Å². The molecule has 2 aromatic rings. The van der Waals surface area contributed by atoms with Crippen LogP contribution < -0.4 is 10.0 Å². The van der Waals surface area contributed by atoms with E-state index < -0.39 is 27.6 Å². The second-order valence-electron chi connectivity index (χ2n) is 6.09. The Morgan fingerprint density at radius 3 is 2.48 bits per heavy atom. The summed E-state index contributed by atoms with van der Waals surface area (Å²) in [6, 6.07) is 8.28. The molecule has 0 radical (unpaired) electrons. The number of ether oxygens (including phenoxy) is 1. The Labute approximate surface area is 155 Å². The van der Waals surface area contributed by atoms with E-state index in [0.717, 1.165) is 25.0 Å². The van der Waals surface area contributed by atoms with Gasteiger partial charge in [0.15, 0.2) is 11.6 Å². The molecule has 2 N–H and O–H groups in total. The van der Waals surface area contributed by atoms with Crippen molar-refractivity contribution >= 4 is 21.6 Å². The SMILES string of the molecule is O=C(Nc1ccc(F)c(F)c1)c1ccc(S(=O)(=O)NC[C@@H]2CCCO2)cc1. The smallest absolute Gasteiger partial charge is 0.255 e. The van der Waals surface area contributed by atoms with E-state index in [-0.39, 0.29) is 28.8 Å². The third-order valence-electron chi connectivity index (χ3n) is 4.13. The predicted octanol–water partition coefficient (Wildman–Crippen LogP) is 2.67. The maximum absolute atomic E-state index is 13.2. The highest BCUT2D eigenvalue weighted by atomic mass is 32.2. The molecule has 1 saturated heterocycles. The Bertz CT molecular complexity index is 927. The number of nitrogens with one attached hydrogen (secondary N) is 2. The molecule has 1 heterocycles. The molecule has 6 nitrogen and oxygen atoms in total. The zero-order valence-corrected chi connectivity index (χ0v) is 15.1. The van der Waals surface area contributed by atoms with Gasteiger partial charge in [0.25, 0.3) is 5.91 Å². The first kappa shape index (κ1) is 19.4. The van der Waals surface area contributed by atoms with Crippen molar-refractivity contribution in [1.29, 1.82) is 0 Å². The molecular weight excluding hydrogens is 378 g/mol. The van der Waals surface area contributed by atoms with Crippen LogP contribution in [0.4, 0.5) is 14.5 Å². The number of carbonyl (C=O) groups is 1. The fourth-order valence-corrected chi connectivity index (χ4v) is 3.72. The van der Waals surface area contributed by atoms with Crippen molar-refractivity contribution in [3.63, 3.8) is 0 Å². The Morgan fingerprint density at radius 1 is 1.11 bits per heavy atom. The molecule has 0 spiro atoms. The summed E-state index contributed by atoms with van der Waals surface area (Å²) in [7, 11) is -3.71. The lowest BCUT2D eigenvalue weighted by molar-refractivity contribution is 0.102. The second-order valence-corrected chi connectivity index (χ2v) is 7.86. The minimum Gasteiger partial charge on any atom is -0.377 e. The second kappa shape index (κ2) is 8.12. The summed E-state index contributed by atoms with van der Waals surface area (Å²) in [6.45, 7) is 0.828. The number of sulfonamides is 1. The topological polar surface area (TPSA) is 84.5 Å². The Kier molecular flexibility index (Phi) is 5.83. The first-order chi connectivity index (χ1) is 12.8. The van der Waals surface area contributed by atoms with Crippen LogP contribution in [0.25, 0.3) is 0 Å². The molecule has 9 heteroatoms. The lowest BCUT2D eigenvalue weighted by Gasteiger charge is -2.12. The predicted molar refractivity (Wildman–Crippen MR) is 94.9 cm³/mol. The quantitative estimate of drug-likeness (QED) is 0.786. The molecule has 1 aliphatic heterocycles. The van der Waals surface area contributed by atoms with E-state index in [1.807, 2.05) is 0 Å². The summed E-state index contributed by atoms with van der Waals surface area (Å²) in [4.78, 5) is 12.2. The first-order valence-electron chi connectivity index (χ1n) is 8.33. The average molecular weight is 396 g/mol. The van der Waals surface area contributed by atoms with Crippen molar-refractivity contribution < 1.29 is 26.7 Å². The van der Waals surface area contributed by atoms with Crippen LogP contribution in [0.3, 0.4) is 0 Å². The molecular formula is C18H18F2N2O4S. The summed E-state index contributed by atoms with van der Waals surface area (Å²) in [6.07, 6.45) is 1.60. The lowest BCUT2D eigenvalue weighted by Crippen LogP contribution is -2.31. The van der Waals surface area contributed by atoms with E-state index in [4.69, 9.17) is 4.74 Å². The third-order valence-corrected chi connectivity index (χ3v) is 5.57. The molecule has 0 unspecified atom stereocenters. The van der Waals surface area contributed by atoms with Gasteiger partial charge >= 0.3 is 0 Å². The summed E-state index contributed by atoms with van der Waals surface area (Å²) in [5, 5.41) is 2.42. The maximum atomic E-state index is 13.2. The van der Waals surface area contributed by atoms with Gasteiger partial charge in [0, 0.05) is 30.5 Å². The van der Waals surface area contributed by atoms with Crippen molar-refractivity contribution in [1.82, 2.24) is 4.72 Å². The highest BCUT2D eigenvalue weighted by Crippen LogP contribution is 2.16. The Balaban J connectivity index is 1.64. The van der Waals surface area contributed by atoms with Crippen LogP contribution in [0.1, 0.15) is 23.2 Å². The van der Waals surface area contributed by atoms with Crippen LogP contribution in [0, 0.1) is 11.6 Å². The van der Waals surface area contributed by atoms with Gasteiger partial charge in [0.1, 0.15) is 0 Å². The molecule has 144 valence electrons. The average Bonchev–Trinajstić information content (AvgIpc) is 3.17. The molecule has 1 aliphatic rings. The van der Waals surface area contributed by atoms with Crippen molar-refractivity contribution in [2.75, 3.05) is 18.5 Å². The van der Waals surface area contributed by atoms with Crippen molar-refractivity contribution in [3.05, 3.63) is 59.7 Å². The molecule has 0 bridgehead atoms. The number of rotatable bonds is 6. The highest BCUT2D eigenvalue weighted by Gasteiger charge is 2.20. The normalized spacial score (nSPS) is 17.0. The third kappa shape index (κ3) is 4.88. The van der Waals surface area contributed by atoms with Gasteiger partial charge in [0.05, 0.1) is 11.0 Å². The minimum atomic E-state index is -3.71. The first-order valence-corrected chi connectivity index (χ1v) is 9.81. The summed E-state index contributed by atoms with van der Waals surface area (Å²) in [5.41, 5.74) is 0.270. The molecule has 0 aromatic heterocycles. The molecule has 0 saturated carbocycles. The van der Waals surface area contributed by atoms with Crippen LogP contribution in [0.5, 0.6) is 0 Å². The number of anilines is 1. The van der Waals surface area contributed by atoms with Gasteiger partial charge in [-0.3, -0.25) is 4.79 Å². The minimum absolute atomic E-state index is 0.0184. The lowest BCUT2D eigenvalue weighted by atomic mass is 10.2. The highest BCUT2D eigenvalue weighted by molar-refractivity contribution is 7.89. The van der Waals surface area contributed by atoms with Crippen LogP contribution in [-0.4, -0.2) is 33.6 Å². The van der Waals surface area contributed by atoms with E-state index in [1.165, 1.54) is 30.3 Å². The fourth-order valence-electron chi connectivity index (χ4n) is 2.65. The van der Waals surface area contributed by atoms with Gasteiger partial charge in [-0.05, 0) is 49.2 Å². The fraction of sp³-hybridized carbons (Fsp3) is 0.278. The standard InChI is InChI=1S/C18H18F2N2O4S/c19-16-8-5-13(10-17(16)20)22-18(23)12-3-6-15(7-4-12)27(24,25)21-11-14-2-1-9-26-14/h3-8,10,14,21H,1-2,9,11H2,(H,22,23)/t14-/m0/s1. The maximum Gasteiger partial charge on any atom is 0.255 e. The Morgan fingerprint density at radius 2 is 1.85 bits per heavy atom. The summed E-state index contributed by atoms with van der Waals surface area (Å²) < 4.78 is 58.5. The number of benzene rings is 2. The summed E-state index contributed by atoms with van der Waals surface area (Å²) >= 11 is 0. The van der Waals surface area contributed by atoms with Gasteiger partial charge < -0.3 is 10.1 Å². The molecule has 1 atom stereocenters. The van der Waals surface area contributed by atoms with Gasteiger partial charge in [-0.2, -0.15) is 0 Å². The van der Waals surface area contributed by atoms with E-state index in [2.05, 4.69) is 10.0 Å². The molecule has 1 amide bonds. The monoisotopic (exact) mass is 396 g/mol. The zero-order valence-electron chi connectivity index (χ0n) is 14.2. The molecule has 3 rings (SSSR count). The molecule has 0 aliphatic carbocycles. The molecule has 2 aromatic carbocycles. The molecule has 1 fully saturated rings. The van der Waals surface area contributed by atoms with E-state index in [1.54, 1.807) is 0 Å². The largest absolute Gasteiger partial charge is 0.377 e. The van der Waals surface area contributed by atoms with E-state index in [0.29, 0.717) is 6.61 Å². The number of hydrogen-bond donors (Lipinski definition) is 2. The number of amides is 1. The summed E-state index contributed by atoms with van der Waals surface area (Å²) in [5.74, 6) is -2.66. The van der Waals surface area contributed by atoms with Crippen molar-refractivity contribution in [2.45, 2.75) is 23.8 Å². The van der Waals surface area contributed by atoms with Gasteiger partial charge in [0.2, 0.25) is 10.0 Å². The Hall–Kier alpha value is -2.36. The molecule has 27 heavy (non-hydrogen) atoms. The van der Waals surface area contributed by atoms with Gasteiger partial charge in [-0.1, -0.05) is 0 Å². The van der Waals surface area contributed by atoms with E-state index >= 15 is 0 Å². The number of hydrogen-bond acceptors (Lipinski definition) is 4. The van der Waals surface area contributed by atoms with Gasteiger partial charge in [-0.25, -0.2) is 21.9 Å². The number of halogens is 2. The van der Waals surface area contributed by atoms with Crippen LogP contribution in [0.15, 0.2) is 47.4 Å². The van der Waals surface area contributed by atoms with Crippen LogP contribution in [0.2, 0.25) is 0 Å². The van der Waals surface area contributed by atoms with Gasteiger partial charge in [-0.15, -0.1) is 0 Å². The number of carbonyl (C=O) groups excluding carboxylic acids is 1. The zero-order chi connectivity index (χ0) is 19.4.